The van der Waals surface area contributed by atoms with E-state index in [1.54, 1.807) is 26.2 Å². The van der Waals surface area contributed by atoms with E-state index in [0.717, 1.165) is 10.5 Å². The molecule has 0 unspecified atom stereocenters. The number of amides is 3. The topological polar surface area (TPSA) is 66.5 Å². The van der Waals surface area contributed by atoms with Gasteiger partial charge in [0.15, 0.2) is 0 Å². The summed E-state index contributed by atoms with van der Waals surface area (Å²) >= 11 is 0. The minimum atomic E-state index is -0.605. The van der Waals surface area contributed by atoms with E-state index in [1.807, 2.05) is 30.3 Å². The van der Waals surface area contributed by atoms with Gasteiger partial charge in [-0.15, -0.1) is 0 Å². The molecule has 1 aromatic carbocycles. The largest absolute Gasteiger partial charge is 0.335 e. The van der Waals surface area contributed by atoms with E-state index in [1.165, 1.54) is 6.08 Å². The van der Waals surface area contributed by atoms with Crippen LogP contribution in [0, 0.1) is 0 Å². The molecule has 1 rings (SSSR count). The zero-order valence-corrected chi connectivity index (χ0v) is 11.5. The number of hydrogen-bond donors (Lipinski definition) is 1. The fraction of sp³-hybridized carbons (Fsp3) is 0.267. The van der Waals surface area contributed by atoms with E-state index in [0.29, 0.717) is 0 Å². The molecule has 1 N–H and O–H groups in total. The predicted molar refractivity (Wildman–Crippen MR) is 76.6 cm³/mol. The van der Waals surface area contributed by atoms with Crippen LogP contribution in [0.3, 0.4) is 0 Å². The molecule has 0 aliphatic rings. The fourth-order valence-corrected chi connectivity index (χ4v) is 1.46. The maximum absolute atomic E-state index is 11.9. The number of hydrogen-bond acceptors (Lipinski definition) is 3. The molecule has 20 heavy (non-hydrogen) atoms. The van der Waals surface area contributed by atoms with Crippen molar-refractivity contribution in [2.75, 3.05) is 6.54 Å². The van der Waals surface area contributed by atoms with Crippen molar-refractivity contribution in [1.82, 2.24) is 10.2 Å². The van der Waals surface area contributed by atoms with E-state index in [-0.39, 0.29) is 6.04 Å². The lowest BCUT2D eigenvalue weighted by molar-refractivity contribution is -0.122. The molecule has 0 aromatic heterocycles. The molecule has 1 aromatic rings. The number of carbonyl (C=O) groups is 2. The molecule has 0 fully saturated rings. The average Bonchev–Trinajstić information content (AvgIpc) is 2.42. The minimum absolute atomic E-state index is 0.123. The Kier molecular flexibility index (Phi) is 6.16. The molecule has 0 spiro atoms. The van der Waals surface area contributed by atoms with Crippen molar-refractivity contribution in [2.24, 2.45) is 0 Å². The number of urea groups is 1. The van der Waals surface area contributed by atoms with Crippen LogP contribution in [0.15, 0.2) is 36.4 Å². The number of carbonyl (C=O) groups excluding carboxylic acids is 3. The Morgan fingerprint density at radius 3 is 2.50 bits per heavy atom. The lowest BCUT2D eigenvalue weighted by Crippen LogP contribution is -2.46. The molecule has 3 amide bonds. The van der Waals surface area contributed by atoms with Crippen LogP contribution < -0.4 is 5.32 Å². The number of imide groups is 1. The third-order valence-corrected chi connectivity index (χ3v) is 2.36. The van der Waals surface area contributed by atoms with Crippen molar-refractivity contribution in [1.29, 1.82) is 0 Å². The van der Waals surface area contributed by atoms with Crippen LogP contribution in [0.4, 0.5) is 4.79 Å². The first-order valence-electron chi connectivity index (χ1n) is 6.24. The van der Waals surface area contributed by atoms with Gasteiger partial charge in [0, 0.05) is 12.1 Å². The van der Waals surface area contributed by atoms with Crippen LogP contribution in [0.2, 0.25) is 0 Å². The summed E-state index contributed by atoms with van der Waals surface area (Å²) < 4.78 is 0. The van der Waals surface area contributed by atoms with Crippen molar-refractivity contribution < 1.29 is 14.4 Å². The SMILES string of the molecule is CC(C)NC(=O)N(C[C]=O)C(=O)/C=C/c1ccccc1. The molecular weight excluding hydrogens is 256 g/mol. The molecule has 1 radical (unpaired) electrons. The van der Waals surface area contributed by atoms with Gasteiger partial charge in [0.2, 0.25) is 6.29 Å². The molecule has 0 atom stereocenters. The van der Waals surface area contributed by atoms with Gasteiger partial charge < -0.3 is 5.32 Å². The standard InChI is InChI=1S/C15H17N2O3/c1-12(2)16-15(20)17(10-11-18)14(19)9-8-13-6-4-3-5-7-13/h3-9,12H,10H2,1-2H3,(H,16,20)/b9-8+. The number of benzene rings is 1. The van der Waals surface area contributed by atoms with Gasteiger partial charge in [-0.05, 0) is 25.5 Å². The number of nitrogens with one attached hydrogen (secondary N) is 1. The molecule has 0 aliphatic heterocycles. The van der Waals surface area contributed by atoms with Gasteiger partial charge >= 0.3 is 6.03 Å². The first-order valence-corrected chi connectivity index (χ1v) is 6.24. The molecular formula is C15H17N2O3. The number of nitrogens with zero attached hydrogens (tertiary/aromatic N) is 1. The van der Waals surface area contributed by atoms with Crippen LogP contribution in [0.25, 0.3) is 6.08 Å². The van der Waals surface area contributed by atoms with E-state index in [9.17, 15) is 14.4 Å². The summed E-state index contributed by atoms with van der Waals surface area (Å²) in [5.41, 5.74) is 0.833. The van der Waals surface area contributed by atoms with Gasteiger partial charge in [0.25, 0.3) is 5.91 Å². The second kappa shape index (κ2) is 7.89. The quantitative estimate of drug-likeness (QED) is 0.831. The average molecular weight is 273 g/mol. The molecule has 0 saturated heterocycles. The van der Waals surface area contributed by atoms with Crippen molar-refractivity contribution >= 4 is 24.3 Å². The third-order valence-electron chi connectivity index (χ3n) is 2.36. The van der Waals surface area contributed by atoms with Gasteiger partial charge in [-0.3, -0.25) is 14.5 Å². The molecule has 0 saturated carbocycles. The molecule has 5 nitrogen and oxygen atoms in total. The van der Waals surface area contributed by atoms with E-state index >= 15 is 0 Å². The van der Waals surface area contributed by atoms with Gasteiger partial charge in [-0.25, -0.2) is 4.79 Å². The van der Waals surface area contributed by atoms with Crippen molar-refractivity contribution in [3.05, 3.63) is 42.0 Å². The van der Waals surface area contributed by atoms with Gasteiger partial charge in [-0.2, -0.15) is 0 Å². The van der Waals surface area contributed by atoms with Crippen LogP contribution >= 0.6 is 0 Å². The second-order valence-electron chi connectivity index (χ2n) is 4.42. The Morgan fingerprint density at radius 2 is 1.95 bits per heavy atom. The summed E-state index contributed by atoms with van der Waals surface area (Å²) in [6.45, 7) is 3.15. The normalized spacial score (nSPS) is 10.6. The monoisotopic (exact) mass is 273 g/mol. The second-order valence-corrected chi connectivity index (χ2v) is 4.42. The summed E-state index contributed by atoms with van der Waals surface area (Å²) in [5.74, 6) is -0.560. The Morgan fingerprint density at radius 1 is 1.30 bits per heavy atom. The summed E-state index contributed by atoms with van der Waals surface area (Å²) in [6.07, 6.45) is 4.40. The van der Waals surface area contributed by atoms with Gasteiger partial charge in [0.1, 0.15) is 0 Å². The molecule has 0 heterocycles. The van der Waals surface area contributed by atoms with Crippen LogP contribution in [0.1, 0.15) is 19.4 Å². The zero-order valence-electron chi connectivity index (χ0n) is 11.5. The maximum atomic E-state index is 11.9. The van der Waals surface area contributed by atoms with Crippen LogP contribution in [0.5, 0.6) is 0 Å². The molecule has 5 heteroatoms. The minimum Gasteiger partial charge on any atom is -0.335 e. The predicted octanol–water partition coefficient (Wildman–Crippen LogP) is 1.76. The number of rotatable bonds is 5. The summed E-state index contributed by atoms with van der Waals surface area (Å²) in [5, 5.41) is 2.56. The Bertz CT molecular complexity index is 495. The van der Waals surface area contributed by atoms with Gasteiger partial charge in [-0.1, -0.05) is 30.3 Å². The summed E-state index contributed by atoms with van der Waals surface area (Å²) in [4.78, 5) is 35.0. The van der Waals surface area contributed by atoms with Crippen molar-refractivity contribution in [2.45, 2.75) is 19.9 Å². The molecule has 0 bridgehead atoms. The van der Waals surface area contributed by atoms with E-state index in [2.05, 4.69) is 5.32 Å². The lowest BCUT2D eigenvalue weighted by atomic mass is 10.2. The highest BCUT2D eigenvalue weighted by molar-refractivity contribution is 6.03. The highest BCUT2D eigenvalue weighted by Gasteiger charge is 2.19. The smallest absolute Gasteiger partial charge is 0.324 e. The molecule has 0 aliphatic carbocycles. The fourth-order valence-electron chi connectivity index (χ4n) is 1.46. The van der Waals surface area contributed by atoms with E-state index in [4.69, 9.17) is 0 Å². The third kappa shape index (κ3) is 5.06. The van der Waals surface area contributed by atoms with Crippen molar-refractivity contribution in [3.63, 3.8) is 0 Å². The first-order chi connectivity index (χ1) is 9.54. The Hall–Kier alpha value is -2.43. The molecule has 105 valence electrons. The first kappa shape index (κ1) is 15.6. The highest BCUT2D eigenvalue weighted by Crippen LogP contribution is 2.02. The van der Waals surface area contributed by atoms with Crippen LogP contribution in [-0.2, 0) is 9.59 Å². The van der Waals surface area contributed by atoms with Gasteiger partial charge in [0.05, 0.1) is 6.54 Å². The Balaban J connectivity index is 2.76. The van der Waals surface area contributed by atoms with Crippen molar-refractivity contribution in [3.8, 4) is 0 Å². The maximum Gasteiger partial charge on any atom is 0.324 e. The van der Waals surface area contributed by atoms with E-state index < -0.39 is 18.5 Å². The Labute approximate surface area is 118 Å². The van der Waals surface area contributed by atoms with Crippen LogP contribution in [-0.4, -0.2) is 35.7 Å². The highest BCUT2D eigenvalue weighted by atomic mass is 16.2. The lowest BCUT2D eigenvalue weighted by Gasteiger charge is -2.18. The summed E-state index contributed by atoms with van der Waals surface area (Å²) in [6, 6.07) is 8.47. The zero-order chi connectivity index (χ0) is 15.0. The summed E-state index contributed by atoms with van der Waals surface area (Å²) in [7, 11) is 0.